The van der Waals surface area contributed by atoms with Crippen LogP contribution in [-0.2, 0) is 11.3 Å². The fraction of sp³-hybridized carbons (Fsp3) is 0.556. The molecule has 0 bridgehead atoms. The highest BCUT2D eigenvalue weighted by molar-refractivity contribution is 7.81. The summed E-state index contributed by atoms with van der Waals surface area (Å²) in [6, 6.07) is 0.0892. The summed E-state index contributed by atoms with van der Waals surface area (Å²) in [6.07, 6.45) is 5.31. The lowest BCUT2D eigenvalue weighted by atomic mass is 10.3. The first-order valence-corrected chi connectivity index (χ1v) is 5.05. The van der Waals surface area contributed by atoms with E-state index in [0.717, 1.165) is 6.54 Å². The van der Waals surface area contributed by atoms with Crippen LogP contribution in [0.4, 0.5) is 0 Å². The minimum Gasteiger partial charge on any atom is -0.351 e. The third-order valence-electron chi connectivity index (χ3n) is 1.81. The van der Waals surface area contributed by atoms with Gasteiger partial charge in [0.15, 0.2) is 0 Å². The molecular weight excluding hydrogens is 198 g/mol. The number of hydrogen-bond donors (Lipinski definition) is 2. The number of imidazole rings is 1. The first kappa shape index (κ1) is 11.1. The maximum Gasteiger partial charge on any atom is 0.232 e. The highest BCUT2D eigenvalue weighted by atomic mass is 32.1. The number of thiol groups is 1. The number of nitrogens with zero attached hydrogens (tertiary/aromatic N) is 2. The Morgan fingerprint density at radius 1 is 1.64 bits per heavy atom. The number of hydrogen-bond acceptors (Lipinski definition) is 3. The van der Waals surface area contributed by atoms with Crippen molar-refractivity contribution in [3.63, 3.8) is 0 Å². The summed E-state index contributed by atoms with van der Waals surface area (Å²) in [5, 5.41) is 2.59. The predicted octanol–water partition coefficient (Wildman–Crippen LogP) is 0.706. The van der Waals surface area contributed by atoms with Gasteiger partial charge in [0.1, 0.15) is 0 Å². The first-order valence-electron chi connectivity index (χ1n) is 4.53. The molecule has 1 amide bonds. The summed E-state index contributed by atoms with van der Waals surface area (Å²) in [6.45, 7) is 4.43. The molecule has 78 valence electrons. The van der Waals surface area contributed by atoms with E-state index in [1.165, 1.54) is 0 Å². The van der Waals surface area contributed by atoms with Crippen LogP contribution in [0.2, 0.25) is 0 Å². The molecule has 1 aromatic heterocycles. The quantitative estimate of drug-likeness (QED) is 0.723. The van der Waals surface area contributed by atoms with Gasteiger partial charge in [0.25, 0.3) is 0 Å². The Morgan fingerprint density at radius 2 is 2.36 bits per heavy atom. The van der Waals surface area contributed by atoms with Crippen molar-refractivity contribution in [1.82, 2.24) is 14.9 Å². The summed E-state index contributed by atoms with van der Waals surface area (Å²) >= 11 is 4.05. The monoisotopic (exact) mass is 213 g/mol. The van der Waals surface area contributed by atoms with Gasteiger partial charge < -0.3 is 9.88 Å². The number of carbonyl (C=O) groups excluding carboxylic acids is 1. The molecule has 0 aromatic carbocycles. The van der Waals surface area contributed by atoms with Gasteiger partial charge in [-0.1, -0.05) is 0 Å². The summed E-state index contributed by atoms with van der Waals surface area (Å²) in [7, 11) is 0. The molecule has 1 rings (SSSR count). The van der Waals surface area contributed by atoms with E-state index in [1.807, 2.05) is 17.7 Å². The van der Waals surface area contributed by atoms with Crippen LogP contribution in [0, 0.1) is 0 Å². The molecule has 0 radical (unpaired) electrons. The lowest BCUT2D eigenvalue weighted by Crippen LogP contribution is -2.39. The summed E-state index contributed by atoms with van der Waals surface area (Å²) in [5.41, 5.74) is 0. The third kappa shape index (κ3) is 3.41. The van der Waals surface area contributed by atoms with E-state index >= 15 is 0 Å². The molecule has 0 saturated carbocycles. The van der Waals surface area contributed by atoms with Crippen molar-refractivity contribution >= 4 is 18.5 Å². The molecule has 4 nitrogen and oxygen atoms in total. The van der Waals surface area contributed by atoms with Crippen LogP contribution in [0.25, 0.3) is 0 Å². The molecule has 0 aliphatic heterocycles. The molecule has 0 aliphatic carbocycles. The maximum absolute atomic E-state index is 11.3. The second kappa shape index (κ2) is 5.05. The number of carbonyl (C=O) groups is 1. The SMILES string of the molecule is CC(Cn1ccnc1)NC(=O)C(C)S. The molecule has 2 atom stereocenters. The van der Waals surface area contributed by atoms with Crippen LogP contribution in [0.3, 0.4) is 0 Å². The molecule has 5 heteroatoms. The fourth-order valence-electron chi connectivity index (χ4n) is 1.12. The van der Waals surface area contributed by atoms with E-state index in [4.69, 9.17) is 0 Å². The van der Waals surface area contributed by atoms with Crippen molar-refractivity contribution < 1.29 is 4.79 Å². The van der Waals surface area contributed by atoms with E-state index in [1.54, 1.807) is 19.4 Å². The lowest BCUT2D eigenvalue weighted by Gasteiger charge is -2.15. The van der Waals surface area contributed by atoms with Crippen LogP contribution < -0.4 is 5.32 Å². The van der Waals surface area contributed by atoms with Crippen LogP contribution >= 0.6 is 12.6 Å². The lowest BCUT2D eigenvalue weighted by molar-refractivity contribution is -0.120. The number of nitrogens with one attached hydrogen (secondary N) is 1. The molecule has 2 unspecified atom stereocenters. The predicted molar refractivity (Wildman–Crippen MR) is 58.3 cm³/mol. The van der Waals surface area contributed by atoms with Gasteiger partial charge in [-0.05, 0) is 13.8 Å². The zero-order valence-corrected chi connectivity index (χ0v) is 9.24. The van der Waals surface area contributed by atoms with E-state index in [-0.39, 0.29) is 17.2 Å². The normalized spacial score (nSPS) is 14.8. The Balaban J connectivity index is 2.36. The van der Waals surface area contributed by atoms with Crippen molar-refractivity contribution in [2.45, 2.75) is 31.7 Å². The van der Waals surface area contributed by atoms with Crippen molar-refractivity contribution in [2.24, 2.45) is 0 Å². The molecular formula is C9H15N3OS. The molecule has 14 heavy (non-hydrogen) atoms. The smallest absolute Gasteiger partial charge is 0.232 e. The third-order valence-corrected chi connectivity index (χ3v) is 2.05. The second-order valence-electron chi connectivity index (χ2n) is 3.35. The van der Waals surface area contributed by atoms with Gasteiger partial charge in [0.2, 0.25) is 5.91 Å². The van der Waals surface area contributed by atoms with Gasteiger partial charge in [0, 0.05) is 25.0 Å². The van der Waals surface area contributed by atoms with Crippen molar-refractivity contribution in [2.75, 3.05) is 0 Å². The molecule has 0 spiro atoms. The number of aromatic nitrogens is 2. The zero-order chi connectivity index (χ0) is 10.6. The van der Waals surface area contributed by atoms with Crippen LogP contribution in [0.15, 0.2) is 18.7 Å². The highest BCUT2D eigenvalue weighted by Crippen LogP contribution is 1.96. The van der Waals surface area contributed by atoms with E-state index in [9.17, 15) is 4.79 Å². The van der Waals surface area contributed by atoms with E-state index in [0.29, 0.717) is 0 Å². The van der Waals surface area contributed by atoms with Gasteiger partial charge in [-0.15, -0.1) is 0 Å². The van der Waals surface area contributed by atoms with Gasteiger partial charge in [-0.3, -0.25) is 4.79 Å². The standard InChI is InChI=1S/C9H15N3OS/c1-7(11-9(13)8(2)14)5-12-4-3-10-6-12/h3-4,6-8,14H,5H2,1-2H3,(H,11,13). The van der Waals surface area contributed by atoms with E-state index < -0.39 is 0 Å². The van der Waals surface area contributed by atoms with E-state index in [2.05, 4.69) is 22.9 Å². The van der Waals surface area contributed by atoms with Gasteiger partial charge in [0.05, 0.1) is 11.6 Å². The first-order chi connectivity index (χ1) is 6.59. The Bertz CT molecular complexity index is 284. The Labute approximate surface area is 89.1 Å². The number of rotatable bonds is 4. The average Bonchev–Trinajstić information content (AvgIpc) is 2.56. The largest absolute Gasteiger partial charge is 0.351 e. The average molecular weight is 213 g/mol. The molecule has 0 fully saturated rings. The van der Waals surface area contributed by atoms with Gasteiger partial charge in [-0.2, -0.15) is 12.6 Å². The summed E-state index contributed by atoms with van der Waals surface area (Å²) in [5.74, 6) is -0.0408. The van der Waals surface area contributed by atoms with Crippen molar-refractivity contribution in [3.8, 4) is 0 Å². The molecule has 1 heterocycles. The zero-order valence-electron chi connectivity index (χ0n) is 8.34. The number of amides is 1. The minimum absolute atomic E-state index is 0.0408. The van der Waals surface area contributed by atoms with Crippen LogP contribution in [0.5, 0.6) is 0 Å². The van der Waals surface area contributed by atoms with Crippen molar-refractivity contribution in [1.29, 1.82) is 0 Å². The topological polar surface area (TPSA) is 46.9 Å². The second-order valence-corrected chi connectivity index (χ2v) is 4.12. The Morgan fingerprint density at radius 3 is 2.86 bits per heavy atom. The molecule has 0 aliphatic rings. The fourth-order valence-corrected chi connectivity index (χ4v) is 1.19. The van der Waals surface area contributed by atoms with Gasteiger partial charge in [-0.25, -0.2) is 4.98 Å². The van der Waals surface area contributed by atoms with Crippen LogP contribution in [-0.4, -0.2) is 26.8 Å². The van der Waals surface area contributed by atoms with Crippen LogP contribution in [0.1, 0.15) is 13.8 Å². The molecule has 1 N–H and O–H groups in total. The Hall–Kier alpha value is -0.970. The summed E-state index contributed by atoms with van der Waals surface area (Å²) < 4.78 is 1.92. The maximum atomic E-state index is 11.3. The van der Waals surface area contributed by atoms with Gasteiger partial charge >= 0.3 is 0 Å². The Kier molecular flexibility index (Phi) is 4.00. The summed E-state index contributed by atoms with van der Waals surface area (Å²) in [4.78, 5) is 15.2. The highest BCUT2D eigenvalue weighted by Gasteiger charge is 2.11. The van der Waals surface area contributed by atoms with Crippen molar-refractivity contribution in [3.05, 3.63) is 18.7 Å². The molecule has 0 saturated heterocycles. The minimum atomic E-state index is -0.264. The molecule has 1 aromatic rings.